The molecule has 78 valence electrons. The fourth-order valence-electron chi connectivity index (χ4n) is 1.70. The van der Waals surface area contributed by atoms with Crippen molar-refractivity contribution < 1.29 is 4.74 Å². The molecule has 0 aliphatic carbocycles. The summed E-state index contributed by atoms with van der Waals surface area (Å²) >= 11 is 0. The van der Waals surface area contributed by atoms with Gasteiger partial charge >= 0.3 is 0 Å². The first kappa shape index (κ1) is 11.0. The molecule has 1 heterocycles. The molecule has 1 aliphatic heterocycles. The van der Waals surface area contributed by atoms with Gasteiger partial charge in [0.2, 0.25) is 0 Å². The molecule has 0 aromatic carbocycles. The number of nitrogens with one attached hydrogen (secondary N) is 1. The molecule has 0 spiro atoms. The van der Waals surface area contributed by atoms with Crippen molar-refractivity contribution in [3.8, 4) is 0 Å². The third-order valence-electron chi connectivity index (χ3n) is 3.13. The van der Waals surface area contributed by atoms with Gasteiger partial charge in [0, 0.05) is 13.2 Å². The molecule has 13 heavy (non-hydrogen) atoms. The molecule has 0 radical (unpaired) electrons. The van der Waals surface area contributed by atoms with Gasteiger partial charge in [-0.25, -0.2) is 0 Å². The van der Waals surface area contributed by atoms with E-state index >= 15 is 0 Å². The maximum Gasteiger partial charge on any atom is 0.0588 e. The molecule has 3 atom stereocenters. The Morgan fingerprint density at radius 2 is 2.31 bits per heavy atom. The molecule has 0 saturated carbocycles. The Morgan fingerprint density at radius 3 is 2.85 bits per heavy atom. The Kier molecular flexibility index (Phi) is 4.74. The summed E-state index contributed by atoms with van der Waals surface area (Å²) in [5, 5.41) is 3.53. The minimum absolute atomic E-state index is 0.462. The van der Waals surface area contributed by atoms with E-state index in [1.165, 1.54) is 12.8 Å². The maximum absolute atomic E-state index is 5.51. The summed E-state index contributed by atoms with van der Waals surface area (Å²) in [4.78, 5) is 0. The van der Waals surface area contributed by atoms with Crippen LogP contribution in [0.4, 0.5) is 0 Å². The first-order chi connectivity index (χ1) is 6.24. The van der Waals surface area contributed by atoms with Crippen LogP contribution in [-0.2, 0) is 4.74 Å². The third kappa shape index (κ3) is 3.65. The highest BCUT2D eigenvalue weighted by molar-refractivity contribution is 4.74. The lowest BCUT2D eigenvalue weighted by Gasteiger charge is -2.16. The summed E-state index contributed by atoms with van der Waals surface area (Å²) in [7, 11) is 0. The van der Waals surface area contributed by atoms with Gasteiger partial charge < -0.3 is 10.1 Å². The van der Waals surface area contributed by atoms with Gasteiger partial charge in [0.25, 0.3) is 0 Å². The van der Waals surface area contributed by atoms with Crippen LogP contribution in [0, 0.1) is 11.8 Å². The summed E-state index contributed by atoms with van der Waals surface area (Å²) in [6.07, 6.45) is 2.96. The van der Waals surface area contributed by atoms with Crippen LogP contribution in [-0.4, -0.2) is 25.8 Å². The van der Waals surface area contributed by atoms with Crippen molar-refractivity contribution in [2.24, 2.45) is 11.8 Å². The first-order valence-electron chi connectivity index (χ1n) is 5.56. The van der Waals surface area contributed by atoms with Gasteiger partial charge in [-0.2, -0.15) is 0 Å². The third-order valence-corrected chi connectivity index (χ3v) is 3.13. The van der Waals surface area contributed by atoms with Crippen LogP contribution >= 0.6 is 0 Å². The van der Waals surface area contributed by atoms with E-state index < -0.39 is 0 Å². The second-order valence-electron chi connectivity index (χ2n) is 4.30. The zero-order valence-electron chi connectivity index (χ0n) is 9.18. The number of hydrogen-bond donors (Lipinski definition) is 1. The second kappa shape index (κ2) is 5.61. The van der Waals surface area contributed by atoms with Crippen molar-refractivity contribution in [3.63, 3.8) is 0 Å². The standard InChI is InChI=1S/C11H23NO/c1-4-9(2)7-12-8-11-5-6-13-10(11)3/h9-12H,4-8H2,1-3H3. The minimum Gasteiger partial charge on any atom is -0.378 e. The highest BCUT2D eigenvalue weighted by atomic mass is 16.5. The summed E-state index contributed by atoms with van der Waals surface area (Å²) < 4.78 is 5.51. The van der Waals surface area contributed by atoms with Crippen LogP contribution in [0.5, 0.6) is 0 Å². The van der Waals surface area contributed by atoms with E-state index in [0.717, 1.165) is 31.5 Å². The quantitative estimate of drug-likeness (QED) is 0.708. The molecule has 1 aliphatic rings. The summed E-state index contributed by atoms with van der Waals surface area (Å²) in [6.45, 7) is 9.96. The van der Waals surface area contributed by atoms with E-state index in [-0.39, 0.29) is 0 Å². The van der Waals surface area contributed by atoms with Gasteiger partial charge in [0.05, 0.1) is 6.10 Å². The molecule has 2 heteroatoms. The molecule has 1 fully saturated rings. The zero-order chi connectivity index (χ0) is 9.68. The average Bonchev–Trinajstić information content (AvgIpc) is 2.52. The fraction of sp³-hybridized carbons (Fsp3) is 1.00. The van der Waals surface area contributed by atoms with Crippen molar-refractivity contribution in [3.05, 3.63) is 0 Å². The van der Waals surface area contributed by atoms with Gasteiger partial charge in [-0.15, -0.1) is 0 Å². The molecule has 1 rings (SSSR count). The predicted octanol–water partition coefficient (Wildman–Crippen LogP) is 2.05. The SMILES string of the molecule is CCC(C)CNCC1CCOC1C. The molecular weight excluding hydrogens is 162 g/mol. The van der Waals surface area contributed by atoms with Crippen LogP contribution in [0.3, 0.4) is 0 Å². The molecule has 2 nitrogen and oxygen atoms in total. The van der Waals surface area contributed by atoms with Gasteiger partial charge in [0.15, 0.2) is 0 Å². The lowest BCUT2D eigenvalue weighted by Crippen LogP contribution is -2.30. The topological polar surface area (TPSA) is 21.3 Å². The Bertz CT molecular complexity index is 138. The molecule has 1 N–H and O–H groups in total. The highest BCUT2D eigenvalue weighted by Crippen LogP contribution is 2.19. The van der Waals surface area contributed by atoms with Crippen molar-refractivity contribution in [2.45, 2.75) is 39.7 Å². The molecular formula is C11H23NO. The van der Waals surface area contributed by atoms with Gasteiger partial charge in [-0.3, -0.25) is 0 Å². The smallest absolute Gasteiger partial charge is 0.0588 e. The number of hydrogen-bond acceptors (Lipinski definition) is 2. The summed E-state index contributed by atoms with van der Waals surface area (Å²) in [5.74, 6) is 1.54. The van der Waals surface area contributed by atoms with Crippen molar-refractivity contribution in [1.29, 1.82) is 0 Å². The highest BCUT2D eigenvalue weighted by Gasteiger charge is 2.23. The lowest BCUT2D eigenvalue weighted by molar-refractivity contribution is 0.105. The van der Waals surface area contributed by atoms with E-state index in [1.807, 2.05) is 0 Å². The van der Waals surface area contributed by atoms with E-state index in [1.54, 1.807) is 0 Å². The average molecular weight is 185 g/mol. The molecule has 0 amide bonds. The monoisotopic (exact) mass is 185 g/mol. The molecule has 1 saturated heterocycles. The predicted molar refractivity (Wildman–Crippen MR) is 55.8 cm³/mol. The summed E-state index contributed by atoms with van der Waals surface area (Å²) in [6, 6.07) is 0. The Morgan fingerprint density at radius 1 is 1.54 bits per heavy atom. The Hall–Kier alpha value is -0.0800. The van der Waals surface area contributed by atoms with Crippen LogP contribution in [0.1, 0.15) is 33.6 Å². The molecule has 0 aromatic rings. The van der Waals surface area contributed by atoms with Crippen LogP contribution in [0.15, 0.2) is 0 Å². The largest absolute Gasteiger partial charge is 0.378 e. The van der Waals surface area contributed by atoms with E-state index in [0.29, 0.717) is 6.10 Å². The maximum atomic E-state index is 5.51. The van der Waals surface area contributed by atoms with Crippen LogP contribution < -0.4 is 5.32 Å². The molecule has 0 aromatic heterocycles. The summed E-state index contributed by atoms with van der Waals surface area (Å²) in [5.41, 5.74) is 0. The Labute approximate surface area is 82.0 Å². The van der Waals surface area contributed by atoms with Crippen molar-refractivity contribution in [2.75, 3.05) is 19.7 Å². The van der Waals surface area contributed by atoms with Crippen molar-refractivity contribution >= 4 is 0 Å². The van der Waals surface area contributed by atoms with Crippen LogP contribution in [0.25, 0.3) is 0 Å². The van der Waals surface area contributed by atoms with Gasteiger partial charge in [-0.05, 0) is 31.7 Å². The molecule has 3 unspecified atom stereocenters. The van der Waals surface area contributed by atoms with Crippen molar-refractivity contribution in [1.82, 2.24) is 5.32 Å². The molecule has 0 bridgehead atoms. The Balaban J connectivity index is 2.05. The zero-order valence-corrected chi connectivity index (χ0v) is 9.18. The van der Waals surface area contributed by atoms with Gasteiger partial charge in [0.1, 0.15) is 0 Å². The van der Waals surface area contributed by atoms with Gasteiger partial charge in [-0.1, -0.05) is 20.3 Å². The number of ether oxygens (including phenoxy) is 1. The normalized spacial score (nSPS) is 30.7. The van der Waals surface area contributed by atoms with E-state index in [4.69, 9.17) is 4.74 Å². The number of rotatable bonds is 5. The second-order valence-corrected chi connectivity index (χ2v) is 4.30. The fourth-order valence-corrected chi connectivity index (χ4v) is 1.70. The first-order valence-corrected chi connectivity index (χ1v) is 5.56. The lowest BCUT2D eigenvalue weighted by atomic mass is 10.0. The van der Waals surface area contributed by atoms with E-state index in [9.17, 15) is 0 Å². The minimum atomic E-state index is 0.462. The van der Waals surface area contributed by atoms with E-state index in [2.05, 4.69) is 26.1 Å². The van der Waals surface area contributed by atoms with Crippen LogP contribution in [0.2, 0.25) is 0 Å².